The number of imidazole rings is 1. The van der Waals surface area contributed by atoms with Crippen LogP contribution in [0.5, 0.6) is 0 Å². The average molecular weight is 523 g/mol. The molecule has 1 saturated heterocycles. The van der Waals surface area contributed by atoms with Crippen molar-refractivity contribution in [3.8, 4) is 11.4 Å². The maximum Gasteiger partial charge on any atom is 0.308 e. The third kappa shape index (κ3) is 4.71. The number of piperidine rings is 1. The number of esters is 1. The zero-order valence-electron chi connectivity index (χ0n) is 21.9. The van der Waals surface area contributed by atoms with E-state index in [-0.39, 0.29) is 23.5 Å². The Hall–Kier alpha value is -4.66. The standard InChI is InChI=1S/C30H30N6O3/c1-18(22-8-5-6-14-31-22)32-27-21-7-3-4-9-23(21)35-29(37)26(27)28-33-24-11-10-20(17-25(24)34-28)36-15-12-19(13-16-36)30(38)39-2/h3-11,14,17-19H,12-13,15-16H2,1-2H3,(H,33,34)(H2,32,35,37). The van der Waals surface area contributed by atoms with E-state index in [4.69, 9.17) is 9.72 Å². The van der Waals surface area contributed by atoms with Gasteiger partial charge in [-0.1, -0.05) is 24.3 Å². The van der Waals surface area contributed by atoms with E-state index < -0.39 is 0 Å². The summed E-state index contributed by atoms with van der Waals surface area (Å²) in [5, 5.41) is 4.44. The number of rotatable bonds is 6. The summed E-state index contributed by atoms with van der Waals surface area (Å²) in [7, 11) is 1.44. The number of benzene rings is 2. The lowest BCUT2D eigenvalue weighted by Crippen LogP contribution is -2.36. The third-order valence-corrected chi connectivity index (χ3v) is 7.51. The number of hydrogen-bond acceptors (Lipinski definition) is 7. The molecule has 0 bridgehead atoms. The normalized spacial score (nSPS) is 15.0. The zero-order valence-corrected chi connectivity index (χ0v) is 21.9. The van der Waals surface area contributed by atoms with Crippen LogP contribution >= 0.6 is 0 Å². The second-order valence-corrected chi connectivity index (χ2v) is 9.94. The second-order valence-electron chi connectivity index (χ2n) is 9.94. The van der Waals surface area contributed by atoms with Crippen LogP contribution in [0.15, 0.2) is 71.7 Å². The van der Waals surface area contributed by atoms with E-state index in [1.165, 1.54) is 7.11 Å². The number of aromatic amines is 2. The van der Waals surface area contributed by atoms with Crippen LogP contribution in [0, 0.1) is 5.92 Å². The SMILES string of the molecule is COC(=O)C1CCN(c2ccc3nc(-c4c(NC(C)c5ccccn5)c5ccccc5[nH]c4=O)[nH]c3c2)CC1. The minimum Gasteiger partial charge on any atom is -0.469 e. The van der Waals surface area contributed by atoms with Gasteiger partial charge >= 0.3 is 5.97 Å². The van der Waals surface area contributed by atoms with E-state index in [2.05, 4.69) is 31.2 Å². The van der Waals surface area contributed by atoms with Gasteiger partial charge in [0.1, 0.15) is 11.4 Å². The fourth-order valence-electron chi connectivity index (χ4n) is 5.39. The van der Waals surface area contributed by atoms with Crippen molar-refractivity contribution in [2.24, 2.45) is 5.92 Å². The van der Waals surface area contributed by atoms with Crippen LogP contribution in [-0.2, 0) is 9.53 Å². The van der Waals surface area contributed by atoms with Crippen LogP contribution in [0.4, 0.5) is 11.4 Å². The number of methoxy groups -OCH3 is 1. The summed E-state index contributed by atoms with van der Waals surface area (Å²) in [6.45, 7) is 3.57. The fourth-order valence-corrected chi connectivity index (χ4v) is 5.39. The summed E-state index contributed by atoms with van der Waals surface area (Å²) in [5.41, 5.74) is 5.21. The number of H-pyrrole nitrogens is 2. The molecule has 1 fully saturated rings. The number of aromatic nitrogens is 4. The highest BCUT2D eigenvalue weighted by Gasteiger charge is 2.26. The van der Waals surface area contributed by atoms with Gasteiger partial charge in [-0.25, -0.2) is 4.98 Å². The zero-order chi connectivity index (χ0) is 26.9. The Bertz CT molecular complexity index is 1700. The van der Waals surface area contributed by atoms with E-state index in [0.717, 1.165) is 59.2 Å². The smallest absolute Gasteiger partial charge is 0.308 e. The topological polar surface area (TPSA) is 116 Å². The number of anilines is 2. The molecule has 4 heterocycles. The third-order valence-electron chi connectivity index (χ3n) is 7.51. The molecule has 2 aromatic carbocycles. The second kappa shape index (κ2) is 10.2. The Morgan fingerprint density at radius 1 is 1.05 bits per heavy atom. The van der Waals surface area contributed by atoms with E-state index >= 15 is 0 Å². The number of fused-ring (bicyclic) bond motifs is 2. The van der Waals surface area contributed by atoms with Crippen molar-refractivity contribution in [3.63, 3.8) is 0 Å². The van der Waals surface area contributed by atoms with Crippen molar-refractivity contribution in [2.45, 2.75) is 25.8 Å². The number of para-hydroxylation sites is 1. The molecule has 0 spiro atoms. The van der Waals surface area contributed by atoms with Crippen molar-refractivity contribution in [2.75, 3.05) is 30.4 Å². The van der Waals surface area contributed by atoms with Gasteiger partial charge in [0, 0.05) is 30.4 Å². The number of carbonyl (C=O) groups excluding carboxylic acids is 1. The van der Waals surface area contributed by atoms with Crippen molar-refractivity contribution in [1.29, 1.82) is 0 Å². The predicted molar refractivity (Wildman–Crippen MR) is 153 cm³/mol. The van der Waals surface area contributed by atoms with Crippen molar-refractivity contribution >= 4 is 39.3 Å². The molecule has 0 amide bonds. The van der Waals surface area contributed by atoms with Gasteiger partial charge < -0.3 is 24.9 Å². The molecular formula is C30H30N6O3. The van der Waals surface area contributed by atoms with Crippen LogP contribution in [0.3, 0.4) is 0 Å². The van der Waals surface area contributed by atoms with Gasteiger partial charge in [0.2, 0.25) is 0 Å². The van der Waals surface area contributed by atoms with Crippen LogP contribution in [-0.4, -0.2) is 46.1 Å². The molecule has 3 aromatic heterocycles. The Morgan fingerprint density at radius 2 is 1.85 bits per heavy atom. The largest absolute Gasteiger partial charge is 0.469 e. The summed E-state index contributed by atoms with van der Waals surface area (Å²) < 4.78 is 4.92. The lowest BCUT2D eigenvalue weighted by atomic mass is 9.96. The van der Waals surface area contributed by atoms with Crippen molar-refractivity contribution in [3.05, 3.63) is 82.9 Å². The first kappa shape index (κ1) is 24.7. The number of pyridine rings is 2. The van der Waals surface area contributed by atoms with Gasteiger partial charge in [0.05, 0.1) is 47.0 Å². The monoisotopic (exact) mass is 522 g/mol. The molecule has 5 aromatic rings. The average Bonchev–Trinajstić information content (AvgIpc) is 3.40. The lowest BCUT2D eigenvalue weighted by molar-refractivity contribution is -0.146. The minimum atomic E-state index is -0.228. The summed E-state index contributed by atoms with van der Waals surface area (Å²) >= 11 is 0. The van der Waals surface area contributed by atoms with E-state index in [1.807, 2.05) is 61.5 Å². The highest BCUT2D eigenvalue weighted by molar-refractivity contribution is 5.99. The van der Waals surface area contributed by atoms with Gasteiger partial charge in [-0.15, -0.1) is 0 Å². The Labute approximate surface area is 225 Å². The lowest BCUT2D eigenvalue weighted by Gasteiger charge is -2.32. The summed E-state index contributed by atoms with van der Waals surface area (Å²) in [4.78, 5) is 43.4. The number of nitrogens with zero attached hydrogens (tertiary/aromatic N) is 3. The van der Waals surface area contributed by atoms with Gasteiger partial charge in [-0.2, -0.15) is 0 Å². The Balaban J connectivity index is 1.38. The van der Waals surface area contributed by atoms with Crippen LogP contribution in [0.2, 0.25) is 0 Å². The highest BCUT2D eigenvalue weighted by atomic mass is 16.5. The van der Waals surface area contributed by atoms with Gasteiger partial charge in [0.15, 0.2) is 0 Å². The van der Waals surface area contributed by atoms with Crippen molar-refractivity contribution < 1.29 is 9.53 Å². The minimum absolute atomic E-state index is 0.0484. The molecule has 3 N–H and O–H groups in total. The van der Waals surface area contributed by atoms with E-state index in [9.17, 15) is 9.59 Å². The number of carbonyl (C=O) groups is 1. The van der Waals surface area contributed by atoms with Crippen LogP contribution in [0.25, 0.3) is 33.3 Å². The molecule has 0 saturated carbocycles. The highest BCUT2D eigenvalue weighted by Crippen LogP contribution is 2.34. The first-order valence-corrected chi connectivity index (χ1v) is 13.2. The first-order valence-electron chi connectivity index (χ1n) is 13.2. The summed E-state index contributed by atoms with van der Waals surface area (Å²) in [6, 6.07) is 19.5. The molecule has 6 rings (SSSR count). The van der Waals surface area contributed by atoms with Gasteiger partial charge in [-0.3, -0.25) is 14.6 Å². The molecule has 1 atom stereocenters. The van der Waals surface area contributed by atoms with Gasteiger partial charge in [0.25, 0.3) is 5.56 Å². The quantitative estimate of drug-likeness (QED) is 0.268. The fraction of sp³-hybridized carbons (Fsp3) is 0.267. The maximum absolute atomic E-state index is 13.5. The number of ether oxygens (including phenoxy) is 1. The molecular weight excluding hydrogens is 492 g/mol. The Morgan fingerprint density at radius 3 is 2.62 bits per heavy atom. The molecule has 9 nitrogen and oxygen atoms in total. The van der Waals surface area contributed by atoms with Gasteiger partial charge in [-0.05, 0) is 56.2 Å². The molecule has 0 aliphatic carbocycles. The Kier molecular flexibility index (Phi) is 6.48. The first-order chi connectivity index (χ1) is 19.0. The number of hydrogen-bond donors (Lipinski definition) is 3. The molecule has 198 valence electrons. The van der Waals surface area contributed by atoms with Crippen molar-refractivity contribution in [1.82, 2.24) is 19.9 Å². The molecule has 1 unspecified atom stereocenters. The number of nitrogens with one attached hydrogen (secondary N) is 3. The molecule has 1 aliphatic heterocycles. The molecule has 1 aliphatic rings. The van der Waals surface area contributed by atoms with Crippen LogP contribution in [0.1, 0.15) is 31.5 Å². The predicted octanol–water partition coefficient (Wildman–Crippen LogP) is 5.03. The van der Waals surface area contributed by atoms with E-state index in [1.54, 1.807) is 6.20 Å². The van der Waals surface area contributed by atoms with E-state index in [0.29, 0.717) is 17.1 Å². The molecule has 9 heteroatoms. The van der Waals surface area contributed by atoms with Crippen LogP contribution < -0.4 is 15.8 Å². The molecule has 39 heavy (non-hydrogen) atoms. The summed E-state index contributed by atoms with van der Waals surface area (Å²) in [5.74, 6) is 0.313. The maximum atomic E-state index is 13.5. The summed E-state index contributed by atoms with van der Waals surface area (Å²) in [6.07, 6.45) is 3.28. The molecule has 0 radical (unpaired) electrons.